The fraction of sp³-hybridized carbons (Fsp3) is 0.200. The molecule has 0 amide bonds. The Morgan fingerprint density at radius 2 is 1.79 bits per heavy atom. The highest BCUT2D eigenvalue weighted by molar-refractivity contribution is 7.80. The van der Waals surface area contributed by atoms with E-state index in [9.17, 15) is 0 Å². The average Bonchev–Trinajstić information content (AvgIpc) is 3.19. The largest absolute Gasteiger partial charge is 0.361 e. The number of aromatic amines is 1. The van der Waals surface area contributed by atoms with Gasteiger partial charge in [-0.15, -0.1) is 0 Å². The van der Waals surface area contributed by atoms with E-state index in [4.69, 9.17) is 28.8 Å². The number of halogens is 1. The average molecular weight is 492 g/mol. The van der Waals surface area contributed by atoms with Crippen molar-refractivity contribution in [2.24, 2.45) is 4.99 Å². The molecule has 0 aliphatic carbocycles. The number of benzene rings is 2. The van der Waals surface area contributed by atoms with Crippen LogP contribution in [0, 0.1) is 20.8 Å². The number of thiocarbonyl (C=S) groups is 1. The van der Waals surface area contributed by atoms with Gasteiger partial charge < -0.3 is 15.6 Å². The lowest BCUT2D eigenvalue weighted by Crippen LogP contribution is -2.39. The van der Waals surface area contributed by atoms with Gasteiger partial charge in [-0.2, -0.15) is 0 Å². The summed E-state index contributed by atoms with van der Waals surface area (Å²) in [5.74, 6) is 0.916. The first-order chi connectivity index (χ1) is 16.4. The Bertz CT molecular complexity index is 1340. The van der Waals surface area contributed by atoms with E-state index in [1.165, 1.54) is 10.9 Å². The third-order valence-corrected chi connectivity index (χ3v) is 5.90. The highest BCUT2D eigenvalue weighted by Gasteiger charge is 2.10. The maximum Gasteiger partial charge on any atom is 0.229 e. The number of nitrogens with zero attached hydrogens (tertiary/aromatic N) is 3. The lowest BCUT2D eigenvalue weighted by molar-refractivity contribution is 0.963. The number of nitrogens with one attached hydrogen (secondary N) is 4. The monoisotopic (exact) mass is 491 g/mol. The molecule has 9 heteroatoms. The van der Waals surface area contributed by atoms with Crippen LogP contribution in [0.25, 0.3) is 10.9 Å². The van der Waals surface area contributed by atoms with E-state index in [2.05, 4.69) is 43.0 Å². The Balaban J connectivity index is 1.51. The Kier molecular flexibility index (Phi) is 7.40. The first kappa shape index (κ1) is 23.7. The van der Waals surface area contributed by atoms with Gasteiger partial charge in [0.2, 0.25) is 11.9 Å². The summed E-state index contributed by atoms with van der Waals surface area (Å²) in [4.78, 5) is 17.0. The van der Waals surface area contributed by atoms with Gasteiger partial charge in [-0.25, -0.2) is 9.97 Å². The van der Waals surface area contributed by atoms with Crippen LogP contribution in [-0.2, 0) is 6.42 Å². The van der Waals surface area contributed by atoms with Gasteiger partial charge in [0.05, 0.1) is 0 Å². The Hall–Kier alpha value is -3.49. The molecule has 34 heavy (non-hydrogen) atoms. The quantitative estimate of drug-likeness (QED) is 0.167. The summed E-state index contributed by atoms with van der Waals surface area (Å²) in [5.41, 5.74) is 5.79. The fourth-order valence-corrected chi connectivity index (χ4v) is 4.01. The summed E-state index contributed by atoms with van der Waals surface area (Å²) in [5, 5.41) is 11.8. The standard InChI is InChI=1S/C25H26ClN7S/c1-15-13-16(2)30-24(29-15)32-23(33-25(34)31-21-10-6-8-20(26)17(21)3)27-12-11-18-14-28-22-9-5-4-7-19(18)22/h4-10,13-14,28H,11-12H2,1-3H3,(H3,27,29,30,31,32,33,34). The number of guanidine groups is 1. The number of aromatic nitrogens is 3. The van der Waals surface area contributed by atoms with Crippen molar-refractivity contribution in [1.29, 1.82) is 0 Å². The van der Waals surface area contributed by atoms with Gasteiger partial charge in [0.1, 0.15) is 0 Å². The number of anilines is 2. The number of rotatable bonds is 5. The summed E-state index contributed by atoms with van der Waals surface area (Å²) >= 11 is 11.8. The molecular formula is C25H26ClN7S. The molecule has 0 bridgehead atoms. The van der Waals surface area contributed by atoms with Gasteiger partial charge in [0.25, 0.3) is 0 Å². The third-order valence-electron chi connectivity index (χ3n) is 5.29. The molecule has 0 fully saturated rings. The number of H-pyrrole nitrogens is 1. The lowest BCUT2D eigenvalue weighted by atomic mass is 10.1. The van der Waals surface area contributed by atoms with Crippen molar-refractivity contribution in [3.05, 3.63) is 82.3 Å². The summed E-state index contributed by atoms with van der Waals surface area (Å²) in [7, 11) is 0. The molecule has 0 aliphatic heterocycles. The van der Waals surface area contributed by atoms with Crippen LogP contribution in [-0.4, -0.2) is 32.6 Å². The van der Waals surface area contributed by atoms with E-state index in [-0.39, 0.29) is 0 Å². The normalized spacial score (nSPS) is 11.5. The molecule has 4 rings (SSSR count). The topological polar surface area (TPSA) is 90.0 Å². The number of aliphatic imine (C=N–C) groups is 1. The number of para-hydroxylation sites is 1. The van der Waals surface area contributed by atoms with Crippen molar-refractivity contribution < 1.29 is 0 Å². The van der Waals surface area contributed by atoms with Crippen LogP contribution in [0.15, 0.2) is 59.7 Å². The van der Waals surface area contributed by atoms with E-state index in [1.54, 1.807) is 0 Å². The summed E-state index contributed by atoms with van der Waals surface area (Å²) < 4.78 is 0. The second-order valence-corrected chi connectivity index (χ2v) is 8.75. The first-order valence-electron chi connectivity index (χ1n) is 10.9. The SMILES string of the molecule is Cc1cc(C)nc(NC(=NCCc2c[nH]c3ccccc23)NC(=S)Nc2cccc(Cl)c2C)n1. The maximum atomic E-state index is 6.24. The zero-order chi connectivity index (χ0) is 24.1. The molecular weight excluding hydrogens is 466 g/mol. The van der Waals surface area contributed by atoms with E-state index in [1.807, 2.05) is 63.4 Å². The van der Waals surface area contributed by atoms with Crippen molar-refractivity contribution in [2.45, 2.75) is 27.2 Å². The summed E-state index contributed by atoms with van der Waals surface area (Å²) in [6, 6.07) is 15.8. The molecule has 174 valence electrons. The minimum absolute atomic E-state index is 0.382. The van der Waals surface area contributed by atoms with Crippen molar-refractivity contribution in [3.63, 3.8) is 0 Å². The van der Waals surface area contributed by atoms with Crippen LogP contribution in [0.4, 0.5) is 11.6 Å². The Morgan fingerprint density at radius 1 is 1.03 bits per heavy atom. The molecule has 0 spiro atoms. The van der Waals surface area contributed by atoms with Crippen LogP contribution >= 0.6 is 23.8 Å². The molecule has 2 aromatic heterocycles. The summed E-state index contributed by atoms with van der Waals surface area (Å²) in [6.07, 6.45) is 2.79. The highest BCUT2D eigenvalue weighted by atomic mass is 35.5. The van der Waals surface area contributed by atoms with Crippen LogP contribution in [0.3, 0.4) is 0 Å². The van der Waals surface area contributed by atoms with E-state index in [0.717, 1.165) is 34.6 Å². The maximum absolute atomic E-state index is 6.24. The number of aryl methyl sites for hydroxylation is 2. The zero-order valence-electron chi connectivity index (χ0n) is 19.2. The fourth-order valence-electron chi connectivity index (χ4n) is 3.63. The molecule has 2 aromatic carbocycles. The number of hydrogen-bond acceptors (Lipinski definition) is 4. The highest BCUT2D eigenvalue weighted by Crippen LogP contribution is 2.23. The number of fused-ring (bicyclic) bond motifs is 1. The van der Waals surface area contributed by atoms with E-state index in [0.29, 0.717) is 28.6 Å². The predicted molar refractivity (Wildman–Crippen MR) is 145 cm³/mol. The van der Waals surface area contributed by atoms with Gasteiger partial charge in [0.15, 0.2) is 5.11 Å². The van der Waals surface area contributed by atoms with Crippen LogP contribution in [0.1, 0.15) is 22.5 Å². The Morgan fingerprint density at radius 3 is 2.59 bits per heavy atom. The first-order valence-corrected chi connectivity index (χ1v) is 11.7. The second kappa shape index (κ2) is 10.6. The molecule has 0 radical (unpaired) electrons. The van der Waals surface area contributed by atoms with Gasteiger partial charge in [-0.3, -0.25) is 10.3 Å². The van der Waals surface area contributed by atoms with Crippen LogP contribution in [0.5, 0.6) is 0 Å². The van der Waals surface area contributed by atoms with Crippen molar-refractivity contribution >= 4 is 57.4 Å². The van der Waals surface area contributed by atoms with Crippen LogP contribution in [0.2, 0.25) is 5.02 Å². The predicted octanol–water partition coefficient (Wildman–Crippen LogP) is 5.53. The smallest absolute Gasteiger partial charge is 0.229 e. The minimum Gasteiger partial charge on any atom is -0.361 e. The molecule has 2 heterocycles. The zero-order valence-corrected chi connectivity index (χ0v) is 20.8. The van der Waals surface area contributed by atoms with Crippen LogP contribution < -0.4 is 16.0 Å². The van der Waals surface area contributed by atoms with Gasteiger partial charge in [0, 0.05) is 45.7 Å². The minimum atomic E-state index is 0.382. The van der Waals surface area contributed by atoms with Gasteiger partial charge >= 0.3 is 0 Å². The third kappa shape index (κ3) is 5.89. The molecule has 0 aliphatic rings. The molecule has 4 aromatic rings. The number of hydrogen-bond donors (Lipinski definition) is 4. The molecule has 0 atom stereocenters. The molecule has 0 saturated carbocycles. The van der Waals surface area contributed by atoms with Gasteiger partial charge in [-0.1, -0.05) is 35.9 Å². The molecule has 0 unspecified atom stereocenters. The summed E-state index contributed by atoms with van der Waals surface area (Å²) in [6.45, 7) is 6.33. The van der Waals surface area contributed by atoms with E-state index < -0.39 is 0 Å². The molecule has 7 nitrogen and oxygen atoms in total. The van der Waals surface area contributed by atoms with Crippen molar-refractivity contribution in [3.8, 4) is 0 Å². The second-order valence-electron chi connectivity index (χ2n) is 7.93. The van der Waals surface area contributed by atoms with Crippen molar-refractivity contribution in [2.75, 3.05) is 17.2 Å². The molecule has 0 saturated heterocycles. The van der Waals surface area contributed by atoms with Gasteiger partial charge in [-0.05, 0) is 74.8 Å². The Labute approximate surface area is 209 Å². The van der Waals surface area contributed by atoms with E-state index >= 15 is 0 Å². The lowest BCUT2D eigenvalue weighted by Gasteiger charge is -2.15. The van der Waals surface area contributed by atoms with Crippen molar-refractivity contribution in [1.82, 2.24) is 20.3 Å². The molecule has 4 N–H and O–H groups in total.